The van der Waals surface area contributed by atoms with Crippen LogP contribution in [0.3, 0.4) is 0 Å². The first-order chi connectivity index (χ1) is 12.6. The summed E-state index contributed by atoms with van der Waals surface area (Å²) in [5.74, 6) is 0.376. The number of ketones is 1. The summed E-state index contributed by atoms with van der Waals surface area (Å²) in [5, 5.41) is 7.08. The lowest BCUT2D eigenvalue weighted by atomic mass is 10.1. The number of carbonyl (C=O) groups is 2. The van der Waals surface area contributed by atoms with Crippen molar-refractivity contribution in [3.05, 3.63) is 82.5 Å². The number of halogens is 1. The molecular weight excluding hydrogens is 394 g/mol. The summed E-state index contributed by atoms with van der Waals surface area (Å²) in [4.78, 5) is 24.3. The van der Waals surface area contributed by atoms with Crippen LogP contribution in [0.4, 0.5) is 5.82 Å². The van der Waals surface area contributed by atoms with Crippen molar-refractivity contribution in [2.45, 2.75) is 19.4 Å². The minimum absolute atomic E-state index is 0.0379. The Labute approximate surface area is 160 Å². The Bertz CT molecular complexity index is 889. The van der Waals surface area contributed by atoms with Crippen LogP contribution >= 0.6 is 15.9 Å². The van der Waals surface area contributed by atoms with Gasteiger partial charge in [-0.2, -0.15) is 5.10 Å². The first-order valence-corrected chi connectivity index (χ1v) is 9.05. The van der Waals surface area contributed by atoms with Crippen molar-refractivity contribution in [3.8, 4) is 0 Å². The number of anilines is 1. The van der Waals surface area contributed by atoms with Crippen molar-refractivity contribution in [1.82, 2.24) is 9.78 Å². The Kier molecular flexibility index (Phi) is 5.96. The van der Waals surface area contributed by atoms with Gasteiger partial charge < -0.3 is 5.32 Å². The third kappa shape index (κ3) is 4.89. The lowest BCUT2D eigenvalue weighted by Crippen LogP contribution is -2.17. The summed E-state index contributed by atoms with van der Waals surface area (Å²) in [5.41, 5.74) is 1.70. The summed E-state index contributed by atoms with van der Waals surface area (Å²) < 4.78 is 2.73. The van der Waals surface area contributed by atoms with Gasteiger partial charge in [-0.15, -0.1) is 0 Å². The molecule has 132 valence electrons. The van der Waals surface area contributed by atoms with Gasteiger partial charge >= 0.3 is 0 Å². The number of rotatable bonds is 7. The quantitative estimate of drug-likeness (QED) is 0.589. The predicted octanol–water partition coefficient (Wildman–Crippen LogP) is 4.30. The summed E-state index contributed by atoms with van der Waals surface area (Å²) in [6.07, 6.45) is 1.96. The molecule has 3 rings (SSSR count). The molecule has 26 heavy (non-hydrogen) atoms. The molecular formula is C20H18BrN3O2. The topological polar surface area (TPSA) is 64.0 Å². The standard InChI is InChI=1S/C20H18BrN3O2/c21-17-8-6-15(7-9-17)14-24-19(12-13-22-24)23-20(26)11-10-18(25)16-4-2-1-3-5-16/h1-9,12-13H,10-11,14H2,(H,23,26). The molecule has 0 unspecified atom stereocenters. The first-order valence-electron chi connectivity index (χ1n) is 8.26. The minimum atomic E-state index is -0.202. The van der Waals surface area contributed by atoms with Crippen molar-refractivity contribution >= 4 is 33.4 Å². The number of Topliss-reactive ketones (excluding diaryl/α,β-unsaturated/α-hetero) is 1. The van der Waals surface area contributed by atoms with Gasteiger partial charge in [0.05, 0.1) is 12.7 Å². The molecule has 1 amide bonds. The van der Waals surface area contributed by atoms with E-state index in [-0.39, 0.29) is 24.5 Å². The molecule has 0 saturated heterocycles. The van der Waals surface area contributed by atoms with Gasteiger partial charge in [-0.25, -0.2) is 4.68 Å². The van der Waals surface area contributed by atoms with E-state index in [1.807, 2.05) is 42.5 Å². The number of hydrogen-bond donors (Lipinski definition) is 1. The second-order valence-electron chi connectivity index (χ2n) is 5.84. The highest BCUT2D eigenvalue weighted by Gasteiger charge is 2.11. The van der Waals surface area contributed by atoms with E-state index < -0.39 is 0 Å². The zero-order valence-electron chi connectivity index (χ0n) is 14.1. The van der Waals surface area contributed by atoms with E-state index in [4.69, 9.17) is 0 Å². The summed E-state index contributed by atoms with van der Waals surface area (Å²) >= 11 is 3.41. The number of benzene rings is 2. The van der Waals surface area contributed by atoms with Crippen molar-refractivity contribution in [2.24, 2.45) is 0 Å². The maximum absolute atomic E-state index is 12.2. The van der Waals surface area contributed by atoms with Crippen molar-refractivity contribution in [3.63, 3.8) is 0 Å². The molecule has 0 radical (unpaired) electrons. The molecule has 6 heteroatoms. The molecule has 0 spiro atoms. The fraction of sp³-hybridized carbons (Fsp3) is 0.150. The lowest BCUT2D eigenvalue weighted by Gasteiger charge is -2.09. The molecule has 2 aromatic carbocycles. The summed E-state index contributed by atoms with van der Waals surface area (Å²) in [6, 6.07) is 18.7. The van der Waals surface area contributed by atoms with Gasteiger partial charge in [0.1, 0.15) is 5.82 Å². The highest BCUT2D eigenvalue weighted by molar-refractivity contribution is 9.10. The normalized spacial score (nSPS) is 10.5. The van der Waals surface area contributed by atoms with Crippen LogP contribution in [0.5, 0.6) is 0 Å². The third-order valence-corrected chi connectivity index (χ3v) is 4.43. The molecule has 0 saturated carbocycles. The zero-order chi connectivity index (χ0) is 18.4. The SMILES string of the molecule is O=C(CCC(=O)c1ccccc1)Nc1ccnn1Cc1ccc(Br)cc1. The lowest BCUT2D eigenvalue weighted by molar-refractivity contribution is -0.116. The Hall–Kier alpha value is -2.73. The molecule has 0 aliphatic heterocycles. The van der Waals surface area contributed by atoms with Crippen molar-refractivity contribution in [2.75, 3.05) is 5.32 Å². The van der Waals surface area contributed by atoms with E-state index in [2.05, 4.69) is 26.3 Å². The monoisotopic (exact) mass is 411 g/mol. The molecule has 0 aliphatic carbocycles. The second-order valence-corrected chi connectivity index (χ2v) is 6.75. The summed E-state index contributed by atoms with van der Waals surface area (Å²) in [6.45, 7) is 0.554. The van der Waals surface area contributed by atoms with E-state index in [0.29, 0.717) is 17.9 Å². The molecule has 1 N–H and O–H groups in total. The van der Waals surface area contributed by atoms with Gasteiger partial charge in [-0.05, 0) is 17.7 Å². The van der Waals surface area contributed by atoms with Crippen molar-refractivity contribution in [1.29, 1.82) is 0 Å². The van der Waals surface area contributed by atoms with Gasteiger partial charge in [-0.3, -0.25) is 9.59 Å². The Morgan fingerprint density at radius 1 is 0.962 bits per heavy atom. The average molecular weight is 412 g/mol. The Balaban J connectivity index is 1.56. The van der Waals surface area contributed by atoms with Crippen LogP contribution < -0.4 is 5.32 Å². The zero-order valence-corrected chi connectivity index (χ0v) is 15.6. The third-order valence-electron chi connectivity index (χ3n) is 3.90. The van der Waals surface area contributed by atoms with Crippen LogP contribution in [0.2, 0.25) is 0 Å². The molecule has 5 nitrogen and oxygen atoms in total. The van der Waals surface area contributed by atoms with Crippen LogP contribution in [0.25, 0.3) is 0 Å². The largest absolute Gasteiger partial charge is 0.311 e. The maximum atomic E-state index is 12.2. The maximum Gasteiger partial charge on any atom is 0.225 e. The molecule has 3 aromatic rings. The first kappa shape index (κ1) is 18.1. The van der Waals surface area contributed by atoms with E-state index in [0.717, 1.165) is 10.0 Å². The molecule has 0 aliphatic rings. The Morgan fingerprint density at radius 3 is 2.42 bits per heavy atom. The van der Waals surface area contributed by atoms with Crippen LogP contribution in [0.15, 0.2) is 71.3 Å². The average Bonchev–Trinajstić information content (AvgIpc) is 3.09. The van der Waals surface area contributed by atoms with Crippen molar-refractivity contribution < 1.29 is 9.59 Å². The van der Waals surface area contributed by atoms with Crippen LogP contribution in [-0.4, -0.2) is 21.5 Å². The number of amides is 1. The van der Waals surface area contributed by atoms with Crippen LogP contribution in [0, 0.1) is 0 Å². The molecule has 0 fully saturated rings. The number of aromatic nitrogens is 2. The Morgan fingerprint density at radius 2 is 1.69 bits per heavy atom. The van der Waals surface area contributed by atoms with Crippen LogP contribution in [-0.2, 0) is 11.3 Å². The van der Waals surface area contributed by atoms with E-state index in [1.54, 1.807) is 29.1 Å². The highest BCUT2D eigenvalue weighted by atomic mass is 79.9. The van der Waals surface area contributed by atoms with Gasteiger partial charge in [0.2, 0.25) is 5.91 Å². The minimum Gasteiger partial charge on any atom is -0.311 e. The second kappa shape index (κ2) is 8.58. The predicted molar refractivity (Wildman–Crippen MR) is 104 cm³/mol. The highest BCUT2D eigenvalue weighted by Crippen LogP contribution is 2.14. The van der Waals surface area contributed by atoms with E-state index in [1.165, 1.54) is 0 Å². The van der Waals surface area contributed by atoms with Crippen LogP contribution in [0.1, 0.15) is 28.8 Å². The number of carbonyl (C=O) groups excluding carboxylic acids is 2. The molecule has 0 bridgehead atoms. The molecule has 1 aromatic heterocycles. The van der Waals surface area contributed by atoms with Gasteiger partial charge in [-0.1, -0.05) is 58.4 Å². The smallest absolute Gasteiger partial charge is 0.225 e. The fourth-order valence-corrected chi connectivity index (χ4v) is 2.79. The van der Waals surface area contributed by atoms with Gasteiger partial charge in [0.15, 0.2) is 5.78 Å². The van der Waals surface area contributed by atoms with Gasteiger partial charge in [0.25, 0.3) is 0 Å². The van der Waals surface area contributed by atoms with E-state index in [9.17, 15) is 9.59 Å². The molecule has 0 atom stereocenters. The number of nitrogens with zero attached hydrogens (tertiary/aromatic N) is 2. The fourth-order valence-electron chi connectivity index (χ4n) is 2.53. The number of nitrogens with one attached hydrogen (secondary N) is 1. The van der Waals surface area contributed by atoms with Gasteiger partial charge in [0, 0.05) is 28.9 Å². The summed E-state index contributed by atoms with van der Waals surface area (Å²) in [7, 11) is 0. The molecule has 1 heterocycles. The number of hydrogen-bond acceptors (Lipinski definition) is 3. The van der Waals surface area contributed by atoms with E-state index >= 15 is 0 Å².